The van der Waals surface area contributed by atoms with E-state index in [0.29, 0.717) is 16.3 Å². The molecule has 1 aliphatic rings. The normalized spacial score (nSPS) is 15.3. The van der Waals surface area contributed by atoms with Crippen molar-refractivity contribution in [2.24, 2.45) is 0 Å². The predicted octanol–water partition coefficient (Wildman–Crippen LogP) is 3.89. The molecule has 30 heavy (non-hydrogen) atoms. The summed E-state index contributed by atoms with van der Waals surface area (Å²) >= 11 is 5.83. The van der Waals surface area contributed by atoms with Gasteiger partial charge in [-0.25, -0.2) is 12.8 Å². The average molecular weight is 449 g/mol. The molecule has 0 unspecified atom stereocenters. The zero-order chi connectivity index (χ0) is 21.3. The molecule has 0 spiro atoms. The molecule has 1 aromatic heterocycles. The first-order chi connectivity index (χ1) is 14.3. The topological polar surface area (TPSA) is 70.8 Å². The summed E-state index contributed by atoms with van der Waals surface area (Å²) < 4.78 is 45.6. The van der Waals surface area contributed by atoms with E-state index in [9.17, 15) is 17.6 Å². The van der Waals surface area contributed by atoms with Gasteiger partial charge in [0, 0.05) is 36.8 Å². The number of sulfonamides is 1. The van der Waals surface area contributed by atoms with Crippen molar-refractivity contribution in [2.75, 3.05) is 26.2 Å². The number of amides is 1. The fourth-order valence-corrected chi connectivity index (χ4v) is 4.81. The Kier molecular flexibility index (Phi) is 5.64. The number of piperazine rings is 1. The number of furan rings is 1. The van der Waals surface area contributed by atoms with Crippen LogP contribution in [0.15, 0.2) is 70.0 Å². The number of carbonyl (C=O) groups is 1. The van der Waals surface area contributed by atoms with Gasteiger partial charge >= 0.3 is 0 Å². The minimum absolute atomic E-state index is 0.156. The van der Waals surface area contributed by atoms with Crippen LogP contribution in [0.5, 0.6) is 0 Å². The highest BCUT2D eigenvalue weighted by Gasteiger charge is 2.31. The third-order valence-electron chi connectivity index (χ3n) is 4.92. The lowest BCUT2D eigenvalue weighted by molar-refractivity contribution is 0.0667. The van der Waals surface area contributed by atoms with E-state index in [0.717, 1.165) is 0 Å². The maximum atomic E-state index is 13.1. The zero-order valence-corrected chi connectivity index (χ0v) is 17.4. The van der Waals surface area contributed by atoms with Crippen LogP contribution >= 0.6 is 11.6 Å². The van der Waals surface area contributed by atoms with Gasteiger partial charge in [-0.2, -0.15) is 4.31 Å². The molecular formula is C21H18ClFN2O4S. The third kappa shape index (κ3) is 4.12. The van der Waals surface area contributed by atoms with E-state index in [2.05, 4.69) is 0 Å². The third-order valence-corrected chi connectivity index (χ3v) is 7.09. The fraction of sp³-hybridized carbons (Fsp3) is 0.190. The highest BCUT2D eigenvalue weighted by molar-refractivity contribution is 7.89. The average Bonchev–Trinajstić information content (AvgIpc) is 3.24. The maximum Gasteiger partial charge on any atom is 0.289 e. The lowest BCUT2D eigenvalue weighted by Gasteiger charge is -2.33. The summed E-state index contributed by atoms with van der Waals surface area (Å²) in [5.41, 5.74) is 0.661. The highest BCUT2D eigenvalue weighted by atomic mass is 35.5. The van der Waals surface area contributed by atoms with Crippen LogP contribution in [0, 0.1) is 5.82 Å². The summed E-state index contributed by atoms with van der Waals surface area (Å²) in [6, 6.07) is 15.0. The molecule has 0 radical (unpaired) electrons. The molecule has 0 N–H and O–H groups in total. The SMILES string of the molecule is O=C(c1ccc(-c2ccc(F)cc2)o1)N1CCN(S(=O)(=O)c2ccc(Cl)cc2)CC1. The van der Waals surface area contributed by atoms with E-state index in [1.165, 1.54) is 40.7 Å². The lowest BCUT2D eigenvalue weighted by atomic mass is 10.2. The van der Waals surface area contributed by atoms with Crippen LogP contribution in [0.3, 0.4) is 0 Å². The number of carbonyl (C=O) groups excluding carboxylic acids is 1. The molecule has 0 aliphatic carbocycles. The number of nitrogens with zero attached hydrogens (tertiary/aromatic N) is 2. The van der Waals surface area contributed by atoms with E-state index in [1.54, 1.807) is 29.2 Å². The van der Waals surface area contributed by atoms with Crippen molar-refractivity contribution < 1.29 is 22.0 Å². The summed E-state index contributed by atoms with van der Waals surface area (Å²) in [6.07, 6.45) is 0. The minimum Gasteiger partial charge on any atom is -0.451 e. The quantitative estimate of drug-likeness (QED) is 0.607. The van der Waals surface area contributed by atoms with Crippen LogP contribution < -0.4 is 0 Å². The molecule has 6 nitrogen and oxygen atoms in total. The van der Waals surface area contributed by atoms with Gasteiger partial charge in [-0.3, -0.25) is 4.79 Å². The smallest absolute Gasteiger partial charge is 0.289 e. The molecule has 3 aromatic rings. The second-order valence-electron chi connectivity index (χ2n) is 6.82. The Labute approximate surface area is 178 Å². The minimum atomic E-state index is -3.65. The van der Waals surface area contributed by atoms with Crippen molar-refractivity contribution in [3.05, 3.63) is 77.3 Å². The van der Waals surface area contributed by atoms with Crippen molar-refractivity contribution in [3.8, 4) is 11.3 Å². The number of hydrogen-bond acceptors (Lipinski definition) is 4. The van der Waals surface area contributed by atoms with E-state index >= 15 is 0 Å². The molecular weight excluding hydrogens is 431 g/mol. The van der Waals surface area contributed by atoms with Gasteiger partial charge in [0.1, 0.15) is 11.6 Å². The van der Waals surface area contributed by atoms with Gasteiger partial charge < -0.3 is 9.32 Å². The second kappa shape index (κ2) is 8.22. The first kappa shape index (κ1) is 20.6. The number of halogens is 2. The Morgan fingerprint density at radius 1 is 0.900 bits per heavy atom. The molecule has 2 aromatic carbocycles. The summed E-state index contributed by atoms with van der Waals surface area (Å²) in [7, 11) is -3.65. The Bertz CT molecular complexity index is 1150. The Balaban J connectivity index is 1.42. The second-order valence-corrected chi connectivity index (χ2v) is 9.20. The first-order valence-corrected chi connectivity index (χ1v) is 11.1. The van der Waals surface area contributed by atoms with Crippen LogP contribution in [0.2, 0.25) is 5.02 Å². The monoisotopic (exact) mass is 448 g/mol. The van der Waals surface area contributed by atoms with Crippen LogP contribution in [-0.2, 0) is 10.0 Å². The first-order valence-electron chi connectivity index (χ1n) is 9.25. The van der Waals surface area contributed by atoms with Gasteiger partial charge in [0.05, 0.1) is 4.90 Å². The van der Waals surface area contributed by atoms with E-state index < -0.39 is 10.0 Å². The zero-order valence-electron chi connectivity index (χ0n) is 15.8. The van der Waals surface area contributed by atoms with Gasteiger partial charge in [0.2, 0.25) is 10.0 Å². The van der Waals surface area contributed by atoms with Gasteiger partial charge in [0.15, 0.2) is 5.76 Å². The standard InChI is InChI=1S/C21H18ClFN2O4S/c22-16-3-7-18(8-4-16)30(27,28)25-13-11-24(12-14-25)21(26)20-10-9-19(29-20)15-1-5-17(23)6-2-15/h1-10H,11-14H2. The van der Waals surface area contributed by atoms with Crippen LogP contribution in [0.4, 0.5) is 4.39 Å². The summed E-state index contributed by atoms with van der Waals surface area (Å²) in [4.78, 5) is 14.5. The molecule has 1 saturated heterocycles. The molecule has 0 bridgehead atoms. The Morgan fingerprint density at radius 3 is 2.17 bits per heavy atom. The van der Waals surface area contributed by atoms with E-state index in [4.69, 9.17) is 16.0 Å². The summed E-state index contributed by atoms with van der Waals surface area (Å²) in [5.74, 6) is -0.0504. The van der Waals surface area contributed by atoms with Crippen molar-refractivity contribution >= 4 is 27.5 Å². The molecule has 0 saturated carbocycles. The van der Waals surface area contributed by atoms with E-state index in [1.807, 2.05) is 0 Å². The maximum absolute atomic E-state index is 13.1. The van der Waals surface area contributed by atoms with Crippen LogP contribution in [0.25, 0.3) is 11.3 Å². The van der Waals surface area contributed by atoms with Crippen molar-refractivity contribution in [3.63, 3.8) is 0 Å². The summed E-state index contributed by atoms with van der Waals surface area (Å²) in [5, 5.41) is 0.461. The van der Waals surface area contributed by atoms with Gasteiger partial charge in [0.25, 0.3) is 5.91 Å². The summed E-state index contributed by atoms with van der Waals surface area (Å²) in [6.45, 7) is 0.862. The van der Waals surface area contributed by atoms with E-state index in [-0.39, 0.29) is 48.6 Å². The lowest BCUT2D eigenvalue weighted by Crippen LogP contribution is -2.50. The molecule has 0 atom stereocenters. The molecule has 9 heteroatoms. The highest BCUT2D eigenvalue weighted by Crippen LogP contribution is 2.24. The molecule has 156 valence electrons. The predicted molar refractivity (Wildman–Crippen MR) is 110 cm³/mol. The largest absolute Gasteiger partial charge is 0.451 e. The Morgan fingerprint density at radius 2 is 1.53 bits per heavy atom. The van der Waals surface area contributed by atoms with Gasteiger partial charge in [-0.05, 0) is 60.7 Å². The van der Waals surface area contributed by atoms with Gasteiger partial charge in [-0.1, -0.05) is 11.6 Å². The fourth-order valence-electron chi connectivity index (χ4n) is 3.27. The number of hydrogen-bond donors (Lipinski definition) is 0. The molecule has 4 rings (SSSR count). The van der Waals surface area contributed by atoms with Crippen LogP contribution in [0.1, 0.15) is 10.6 Å². The molecule has 1 fully saturated rings. The number of rotatable bonds is 4. The van der Waals surface area contributed by atoms with Crippen molar-refractivity contribution in [1.82, 2.24) is 9.21 Å². The van der Waals surface area contributed by atoms with Crippen LogP contribution in [-0.4, -0.2) is 49.7 Å². The number of benzene rings is 2. The molecule has 1 aliphatic heterocycles. The molecule has 2 heterocycles. The van der Waals surface area contributed by atoms with Crippen molar-refractivity contribution in [2.45, 2.75) is 4.90 Å². The molecule has 1 amide bonds. The Hall–Kier alpha value is -2.68. The van der Waals surface area contributed by atoms with Gasteiger partial charge in [-0.15, -0.1) is 0 Å². The van der Waals surface area contributed by atoms with Crippen molar-refractivity contribution in [1.29, 1.82) is 0 Å².